The normalized spacial score (nSPS) is 12.4. The molecule has 0 aromatic heterocycles. The molecule has 3 aromatic carbocycles. The van der Waals surface area contributed by atoms with Gasteiger partial charge in [-0.1, -0.05) is 79.2 Å². The topological polar surface area (TPSA) is 58.6 Å². The van der Waals surface area contributed by atoms with Crippen LogP contribution in [0.4, 0.5) is 0 Å². The van der Waals surface area contributed by atoms with Gasteiger partial charge in [0.05, 0.1) is 12.9 Å². The monoisotopic (exact) mass is 518 g/mol. The number of amides is 2. The third-order valence-corrected chi connectivity index (χ3v) is 7.32. The number of aryl methyl sites for hydroxylation is 1. The van der Waals surface area contributed by atoms with Crippen molar-refractivity contribution >= 4 is 23.6 Å². The zero-order valence-electron chi connectivity index (χ0n) is 22.3. The highest BCUT2D eigenvalue weighted by molar-refractivity contribution is 7.99. The lowest BCUT2D eigenvalue weighted by Crippen LogP contribution is -2.52. The van der Waals surface area contributed by atoms with Crippen LogP contribution in [0.3, 0.4) is 0 Å². The second-order valence-corrected chi connectivity index (χ2v) is 10.4. The molecule has 3 aromatic rings. The predicted molar refractivity (Wildman–Crippen MR) is 153 cm³/mol. The molecule has 0 spiro atoms. The number of carbonyl (C=O) groups is 2. The summed E-state index contributed by atoms with van der Waals surface area (Å²) in [6, 6.07) is 25.3. The Kier molecular flexibility index (Phi) is 11.1. The van der Waals surface area contributed by atoms with Gasteiger partial charge in [-0.3, -0.25) is 9.59 Å². The van der Waals surface area contributed by atoms with Crippen molar-refractivity contribution in [3.05, 3.63) is 101 Å². The van der Waals surface area contributed by atoms with Crippen LogP contribution >= 0.6 is 11.8 Å². The maximum absolute atomic E-state index is 13.7. The van der Waals surface area contributed by atoms with Crippen molar-refractivity contribution in [1.82, 2.24) is 10.2 Å². The molecular formula is C31H38N2O3S. The van der Waals surface area contributed by atoms with E-state index >= 15 is 0 Å². The second kappa shape index (κ2) is 14.5. The lowest BCUT2D eigenvalue weighted by molar-refractivity contribution is -0.139. The molecule has 2 amide bonds. The maximum atomic E-state index is 13.7. The molecule has 0 saturated heterocycles. The zero-order valence-corrected chi connectivity index (χ0v) is 23.1. The molecule has 2 atom stereocenters. The van der Waals surface area contributed by atoms with E-state index in [9.17, 15) is 9.59 Å². The molecule has 0 fully saturated rings. The van der Waals surface area contributed by atoms with Crippen molar-refractivity contribution < 1.29 is 14.3 Å². The van der Waals surface area contributed by atoms with E-state index in [4.69, 9.17) is 4.74 Å². The number of nitrogens with zero attached hydrogens (tertiary/aromatic N) is 1. The lowest BCUT2D eigenvalue weighted by atomic mass is 10.0. The number of nitrogens with one attached hydrogen (secondary N) is 1. The van der Waals surface area contributed by atoms with Crippen LogP contribution in [0.5, 0.6) is 5.75 Å². The highest BCUT2D eigenvalue weighted by Crippen LogP contribution is 2.21. The number of hydrogen-bond acceptors (Lipinski definition) is 4. The molecule has 0 saturated carbocycles. The zero-order chi connectivity index (χ0) is 26.6. The van der Waals surface area contributed by atoms with Crippen molar-refractivity contribution in [1.29, 1.82) is 0 Å². The molecule has 3 rings (SSSR count). The van der Waals surface area contributed by atoms with Gasteiger partial charge >= 0.3 is 0 Å². The first-order valence-electron chi connectivity index (χ1n) is 12.8. The quantitative estimate of drug-likeness (QED) is 0.311. The van der Waals surface area contributed by atoms with Crippen LogP contribution in [0.15, 0.2) is 78.9 Å². The van der Waals surface area contributed by atoms with E-state index in [-0.39, 0.29) is 17.9 Å². The summed E-state index contributed by atoms with van der Waals surface area (Å²) < 4.78 is 5.40. The molecule has 0 unspecified atom stereocenters. The predicted octanol–water partition coefficient (Wildman–Crippen LogP) is 5.79. The Bertz CT molecular complexity index is 1150. The number of methoxy groups -OCH3 is 1. The first kappa shape index (κ1) is 28.3. The van der Waals surface area contributed by atoms with E-state index in [1.807, 2.05) is 74.5 Å². The molecule has 6 heteroatoms. The average molecular weight is 519 g/mol. The van der Waals surface area contributed by atoms with E-state index in [0.717, 1.165) is 29.1 Å². The van der Waals surface area contributed by atoms with Crippen LogP contribution < -0.4 is 10.1 Å². The standard InChI is InChI=1S/C31H38N2O3S/c1-5-24(3)32-31(35)29(19-25-12-7-6-8-13-25)33(20-26-14-10-16-28(18-26)36-4)30(34)22-37-21-27-15-9-11-23(2)17-27/h6-18,24,29H,5,19-22H2,1-4H3,(H,32,35)/t24-,29-/m0/s1. The number of carbonyl (C=O) groups excluding carboxylic acids is 2. The minimum Gasteiger partial charge on any atom is -0.497 e. The molecule has 0 aliphatic heterocycles. The first-order chi connectivity index (χ1) is 17.9. The summed E-state index contributed by atoms with van der Waals surface area (Å²) >= 11 is 1.58. The molecule has 0 aliphatic carbocycles. The Balaban J connectivity index is 1.87. The molecular weight excluding hydrogens is 480 g/mol. The molecule has 0 bridgehead atoms. The average Bonchev–Trinajstić information content (AvgIpc) is 2.91. The highest BCUT2D eigenvalue weighted by atomic mass is 32.2. The van der Waals surface area contributed by atoms with Crippen LogP contribution in [0.2, 0.25) is 0 Å². The molecule has 196 valence electrons. The molecule has 5 nitrogen and oxygen atoms in total. The number of benzene rings is 3. The van der Waals surface area contributed by atoms with Gasteiger partial charge in [-0.25, -0.2) is 0 Å². The van der Waals surface area contributed by atoms with Gasteiger partial charge in [0.2, 0.25) is 11.8 Å². The highest BCUT2D eigenvalue weighted by Gasteiger charge is 2.31. The smallest absolute Gasteiger partial charge is 0.243 e. The number of ether oxygens (including phenoxy) is 1. The second-order valence-electron chi connectivity index (χ2n) is 9.38. The van der Waals surface area contributed by atoms with E-state index in [1.54, 1.807) is 23.8 Å². The minimum atomic E-state index is -0.630. The molecule has 1 N–H and O–H groups in total. The first-order valence-corrected chi connectivity index (χ1v) is 13.9. The van der Waals surface area contributed by atoms with Gasteiger partial charge in [-0.2, -0.15) is 0 Å². The molecule has 0 aliphatic rings. The van der Waals surface area contributed by atoms with Crippen LogP contribution in [0, 0.1) is 6.92 Å². The fourth-order valence-electron chi connectivity index (χ4n) is 4.10. The Labute approximate surface area is 225 Å². The van der Waals surface area contributed by atoms with Gasteiger partial charge in [-0.15, -0.1) is 11.8 Å². The van der Waals surface area contributed by atoms with Gasteiger partial charge in [0.1, 0.15) is 11.8 Å². The Morgan fingerprint density at radius 1 is 0.946 bits per heavy atom. The van der Waals surface area contributed by atoms with E-state index in [2.05, 4.69) is 30.4 Å². The largest absolute Gasteiger partial charge is 0.497 e. The third kappa shape index (κ3) is 8.97. The van der Waals surface area contributed by atoms with Crippen LogP contribution in [-0.4, -0.2) is 41.7 Å². The summed E-state index contributed by atoms with van der Waals surface area (Å²) in [5.74, 6) is 1.57. The van der Waals surface area contributed by atoms with Crippen LogP contribution in [-0.2, 0) is 28.3 Å². The van der Waals surface area contributed by atoms with E-state index < -0.39 is 6.04 Å². The molecule has 0 radical (unpaired) electrons. The summed E-state index contributed by atoms with van der Waals surface area (Å²) in [5.41, 5.74) is 4.33. The Morgan fingerprint density at radius 2 is 1.65 bits per heavy atom. The maximum Gasteiger partial charge on any atom is 0.243 e. The summed E-state index contributed by atoms with van der Waals surface area (Å²) in [7, 11) is 1.63. The van der Waals surface area contributed by atoms with E-state index in [1.165, 1.54) is 11.1 Å². The Hall–Kier alpha value is -3.25. The number of rotatable bonds is 13. The summed E-state index contributed by atoms with van der Waals surface area (Å²) in [5, 5.41) is 3.12. The number of hydrogen-bond donors (Lipinski definition) is 1. The fraction of sp³-hybridized carbons (Fsp3) is 0.355. The van der Waals surface area contributed by atoms with Gasteiger partial charge in [-0.05, 0) is 49.1 Å². The van der Waals surface area contributed by atoms with Gasteiger partial charge in [0, 0.05) is 24.8 Å². The summed E-state index contributed by atoms with van der Waals surface area (Å²) in [4.78, 5) is 29.1. The third-order valence-electron chi connectivity index (χ3n) is 6.34. The van der Waals surface area contributed by atoms with Crippen LogP contribution in [0.1, 0.15) is 42.5 Å². The Morgan fingerprint density at radius 3 is 2.35 bits per heavy atom. The van der Waals surface area contributed by atoms with Gasteiger partial charge in [0.15, 0.2) is 0 Å². The van der Waals surface area contributed by atoms with Crippen molar-refractivity contribution in [3.8, 4) is 5.75 Å². The van der Waals surface area contributed by atoms with Gasteiger partial charge in [0.25, 0.3) is 0 Å². The van der Waals surface area contributed by atoms with Crippen molar-refractivity contribution in [3.63, 3.8) is 0 Å². The SMILES string of the molecule is CC[C@H](C)NC(=O)[C@H](Cc1ccccc1)N(Cc1cccc(OC)c1)C(=O)CSCc1cccc(C)c1. The summed E-state index contributed by atoms with van der Waals surface area (Å²) in [6.07, 6.45) is 1.27. The van der Waals surface area contributed by atoms with Crippen LogP contribution in [0.25, 0.3) is 0 Å². The molecule has 37 heavy (non-hydrogen) atoms. The fourth-order valence-corrected chi connectivity index (χ4v) is 4.96. The van der Waals surface area contributed by atoms with Crippen molar-refractivity contribution in [2.75, 3.05) is 12.9 Å². The van der Waals surface area contributed by atoms with Gasteiger partial charge < -0.3 is 15.0 Å². The minimum absolute atomic E-state index is 0.0234. The lowest BCUT2D eigenvalue weighted by Gasteiger charge is -2.32. The van der Waals surface area contributed by atoms with E-state index in [0.29, 0.717) is 18.7 Å². The van der Waals surface area contributed by atoms with Crippen molar-refractivity contribution in [2.45, 2.75) is 58.0 Å². The summed E-state index contributed by atoms with van der Waals surface area (Å²) in [6.45, 7) is 6.42. The molecule has 0 heterocycles. The number of thioether (sulfide) groups is 1. The van der Waals surface area contributed by atoms with Crippen molar-refractivity contribution in [2.24, 2.45) is 0 Å².